The van der Waals surface area contributed by atoms with Gasteiger partial charge in [-0.1, -0.05) is 12.1 Å². The van der Waals surface area contributed by atoms with E-state index in [4.69, 9.17) is 9.47 Å². The third-order valence-electron chi connectivity index (χ3n) is 4.43. The van der Waals surface area contributed by atoms with E-state index in [9.17, 15) is 18.0 Å². The van der Waals surface area contributed by atoms with Crippen LogP contribution in [0.3, 0.4) is 0 Å². The van der Waals surface area contributed by atoms with Crippen LogP contribution in [0.25, 0.3) is 0 Å². The summed E-state index contributed by atoms with van der Waals surface area (Å²) in [7, 11) is 0. The first-order valence-corrected chi connectivity index (χ1v) is 10.1. The molecule has 0 spiro atoms. The van der Waals surface area contributed by atoms with Gasteiger partial charge in [0.1, 0.15) is 5.75 Å². The molecular weight excluding hydrogens is 528 g/mol. The number of hydrogen-bond acceptors (Lipinski definition) is 4. The van der Waals surface area contributed by atoms with Gasteiger partial charge in [-0.3, -0.25) is 0 Å². The number of ether oxygens (including phenoxy) is 2. The van der Waals surface area contributed by atoms with Crippen LogP contribution >= 0.6 is 24.0 Å². The van der Waals surface area contributed by atoms with Crippen molar-refractivity contribution in [2.75, 3.05) is 32.8 Å². The minimum Gasteiger partial charge on any atom is -0.484 e. The third-order valence-corrected chi connectivity index (χ3v) is 4.43. The van der Waals surface area contributed by atoms with E-state index in [1.54, 1.807) is 30.0 Å². The zero-order valence-corrected chi connectivity index (χ0v) is 20.0. The number of carbonyl (C=O) groups is 1. The van der Waals surface area contributed by atoms with Crippen molar-refractivity contribution in [1.82, 2.24) is 15.5 Å². The zero-order chi connectivity index (χ0) is 22.0. The van der Waals surface area contributed by atoms with Crippen LogP contribution in [0.1, 0.15) is 32.3 Å². The van der Waals surface area contributed by atoms with Crippen LogP contribution < -0.4 is 15.4 Å². The summed E-state index contributed by atoms with van der Waals surface area (Å²) in [5, 5.41) is 6.53. The summed E-state index contributed by atoms with van der Waals surface area (Å²) in [6.07, 6.45) is -3.13. The van der Waals surface area contributed by atoms with E-state index in [-0.39, 0.29) is 41.9 Å². The summed E-state index contributed by atoms with van der Waals surface area (Å²) in [6, 6.07) is 6.62. The number of hydrogen-bond donors (Lipinski definition) is 2. The molecule has 2 rings (SSSR count). The third kappa shape index (κ3) is 10.3. The Hall–Kier alpha value is -1.92. The number of likely N-dealkylation sites (tertiary alicyclic amines) is 1. The van der Waals surface area contributed by atoms with Crippen molar-refractivity contribution in [3.8, 4) is 5.75 Å². The first-order chi connectivity index (χ1) is 14.3. The van der Waals surface area contributed by atoms with Gasteiger partial charge in [0, 0.05) is 25.7 Å². The molecule has 1 aromatic carbocycles. The molecule has 1 aromatic rings. The summed E-state index contributed by atoms with van der Waals surface area (Å²) >= 11 is 0. The molecule has 1 saturated heterocycles. The Morgan fingerprint density at radius 1 is 1.26 bits per heavy atom. The van der Waals surface area contributed by atoms with Gasteiger partial charge >= 0.3 is 12.3 Å². The lowest BCUT2D eigenvalue weighted by atomic mass is 10.1. The first kappa shape index (κ1) is 27.1. The summed E-state index contributed by atoms with van der Waals surface area (Å²) in [5.74, 6) is 0.776. The largest absolute Gasteiger partial charge is 0.484 e. The molecule has 7 nitrogen and oxygen atoms in total. The van der Waals surface area contributed by atoms with Gasteiger partial charge < -0.3 is 25.0 Å². The average molecular weight is 558 g/mol. The molecule has 1 aliphatic heterocycles. The van der Waals surface area contributed by atoms with Crippen molar-refractivity contribution >= 4 is 36.0 Å². The van der Waals surface area contributed by atoms with Gasteiger partial charge in [-0.15, -0.1) is 24.0 Å². The van der Waals surface area contributed by atoms with Gasteiger partial charge in [0.2, 0.25) is 0 Å². The Labute approximate surface area is 197 Å². The van der Waals surface area contributed by atoms with Crippen LogP contribution in [0.2, 0.25) is 0 Å². The van der Waals surface area contributed by atoms with E-state index in [1.807, 2.05) is 6.92 Å². The van der Waals surface area contributed by atoms with Gasteiger partial charge in [0.25, 0.3) is 0 Å². The van der Waals surface area contributed by atoms with Crippen molar-refractivity contribution in [3.05, 3.63) is 29.8 Å². The second-order valence-corrected chi connectivity index (χ2v) is 6.85. The molecule has 1 amide bonds. The number of benzene rings is 1. The molecule has 0 aliphatic carbocycles. The average Bonchev–Trinajstić information content (AvgIpc) is 2.71. The second kappa shape index (κ2) is 13.5. The Morgan fingerprint density at radius 3 is 2.58 bits per heavy atom. The van der Waals surface area contributed by atoms with Crippen LogP contribution in [-0.4, -0.2) is 62.0 Å². The predicted octanol–water partition coefficient (Wildman–Crippen LogP) is 3.92. The molecule has 176 valence electrons. The number of halogens is 4. The number of carbonyl (C=O) groups excluding carboxylic acids is 1. The number of amides is 1. The summed E-state index contributed by atoms with van der Waals surface area (Å²) < 4.78 is 46.8. The molecule has 31 heavy (non-hydrogen) atoms. The van der Waals surface area contributed by atoms with Crippen LogP contribution in [0.4, 0.5) is 18.0 Å². The number of aliphatic imine (C=N–C) groups is 1. The number of rotatable bonds is 7. The van der Waals surface area contributed by atoms with Crippen molar-refractivity contribution in [2.24, 2.45) is 4.99 Å². The summed E-state index contributed by atoms with van der Waals surface area (Å²) in [4.78, 5) is 18.0. The molecule has 0 aromatic heterocycles. The molecular formula is C20H30F3IN4O3. The zero-order valence-electron chi connectivity index (χ0n) is 17.7. The molecule has 11 heteroatoms. The first-order valence-electron chi connectivity index (χ1n) is 10.1. The highest BCUT2D eigenvalue weighted by molar-refractivity contribution is 14.0. The van der Waals surface area contributed by atoms with Crippen molar-refractivity contribution in [2.45, 2.75) is 45.5 Å². The minimum atomic E-state index is -4.38. The fourth-order valence-corrected chi connectivity index (χ4v) is 3.00. The van der Waals surface area contributed by atoms with E-state index in [0.717, 1.165) is 18.4 Å². The topological polar surface area (TPSA) is 75.2 Å². The highest BCUT2D eigenvalue weighted by atomic mass is 127. The van der Waals surface area contributed by atoms with Crippen LogP contribution in [0, 0.1) is 0 Å². The van der Waals surface area contributed by atoms with Gasteiger partial charge in [0.15, 0.2) is 12.6 Å². The number of alkyl halides is 3. The summed E-state index contributed by atoms with van der Waals surface area (Å²) in [6.45, 7) is 4.94. The van der Waals surface area contributed by atoms with Crippen molar-refractivity contribution < 1.29 is 27.4 Å². The Bertz CT molecular complexity index is 711. The van der Waals surface area contributed by atoms with Gasteiger partial charge in [0.05, 0.1) is 13.2 Å². The van der Waals surface area contributed by atoms with Gasteiger partial charge in [-0.2, -0.15) is 13.2 Å². The Morgan fingerprint density at radius 2 is 1.97 bits per heavy atom. The fraction of sp³-hybridized carbons (Fsp3) is 0.600. The maximum Gasteiger partial charge on any atom is 0.422 e. The van der Waals surface area contributed by atoms with E-state index < -0.39 is 12.8 Å². The molecule has 0 bridgehead atoms. The Balaban J connectivity index is 0.00000480. The van der Waals surface area contributed by atoms with E-state index in [1.165, 1.54) is 6.07 Å². The summed E-state index contributed by atoms with van der Waals surface area (Å²) in [5.41, 5.74) is 0.740. The lowest BCUT2D eigenvalue weighted by Gasteiger charge is -2.32. The number of guanidine groups is 1. The monoisotopic (exact) mass is 558 g/mol. The molecule has 1 fully saturated rings. The standard InChI is InChI=1S/C20H29F3N4O3.HI/c1-3-24-18(26-16-8-10-27(11-9-16)19(28)29-4-2)25-13-15-6-5-7-17(12-15)30-14-20(21,22)23;/h5-7,12,16H,3-4,8-11,13-14H2,1-2H3,(H2,24,25,26);1H. The smallest absolute Gasteiger partial charge is 0.422 e. The SMILES string of the molecule is CCNC(=NCc1cccc(OCC(F)(F)F)c1)NC1CCN(C(=O)OCC)CC1.I. The predicted molar refractivity (Wildman–Crippen MR) is 123 cm³/mol. The molecule has 2 N–H and O–H groups in total. The van der Waals surface area contributed by atoms with Crippen molar-refractivity contribution in [1.29, 1.82) is 0 Å². The lowest BCUT2D eigenvalue weighted by Crippen LogP contribution is -2.49. The maximum absolute atomic E-state index is 12.3. The fourth-order valence-electron chi connectivity index (χ4n) is 3.00. The van der Waals surface area contributed by atoms with E-state index >= 15 is 0 Å². The van der Waals surface area contributed by atoms with Crippen LogP contribution in [0.5, 0.6) is 5.75 Å². The molecule has 0 radical (unpaired) electrons. The minimum absolute atomic E-state index is 0. The maximum atomic E-state index is 12.3. The molecule has 1 heterocycles. The molecule has 0 saturated carbocycles. The molecule has 0 unspecified atom stereocenters. The highest BCUT2D eigenvalue weighted by Crippen LogP contribution is 2.19. The molecule has 1 aliphatic rings. The van der Waals surface area contributed by atoms with Crippen molar-refractivity contribution in [3.63, 3.8) is 0 Å². The number of nitrogens with one attached hydrogen (secondary N) is 2. The van der Waals surface area contributed by atoms with Crippen LogP contribution in [-0.2, 0) is 11.3 Å². The van der Waals surface area contributed by atoms with Gasteiger partial charge in [-0.05, 0) is 44.4 Å². The van der Waals surface area contributed by atoms with E-state index in [0.29, 0.717) is 38.7 Å². The second-order valence-electron chi connectivity index (χ2n) is 6.85. The number of piperidine rings is 1. The Kier molecular flexibility index (Phi) is 11.8. The number of nitrogens with zero attached hydrogens (tertiary/aromatic N) is 2. The lowest BCUT2D eigenvalue weighted by molar-refractivity contribution is -0.153. The van der Waals surface area contributed by atoms with Crippen LogP contribution in [0.15, 0.2) is 29.3 Å². The quantitative estimate of drug-likeness (QED) is 0.302. The molecule has 0 atom stereocenters. The van der Waals surface area contributed by atoms with E-state index in [2.05, 4.69) is 15.6 Å². The highest BCUT2D eigenvalue weighted by Gasteiger charge is 2.28. The normalized spacial score (nSPS) is 15.1. The van der Waals surface area contributed by atoms with Gasteiger partial charge in [-0.25, -0.2) is 9.79 Å².